The van der Waals surface area contributed by atoms with Crippen LogP contribution < -0.4 is 11.3 Å². The molecule has 2 aromatic rings. The van der Waals surface area contributed by atoms with Gasteiger partial charge in [0.2, 0.25) is 5.95 Å². The number of esters is 2. The summed E-state index contributed by atoms with van der Waals surface area (Å²) in [6, 6.07) is 0. The van der Waals surface area contributed by atoms with Crippen LogP contribution in [-0.4, -0.2) is 73.8 Å². The van der Waals surface area contributed by atoms with Crippen LogP contribution in [0.4, 0.5) is 5.95 Å². The minimum Gasteiger partial charge on any atom is -0.462 e. The van der Waals surface area contributed by atoms with Gasteiger partial charge in [-0.15, -0.1) is 0 Å². The summed E-state index contributed by atoms with van der Waals surface area (Å²) in [5.41, 5.74) is 5.22. The molecule has 0 saturated carbocycles. The Kier molecular flexibility index (Phi) is 27.7. The second kappa shape index (κ2) is 31.2. The van der Waals surface area contributed by atoms with Crippen molar-refractivity contribution in [3.8, 4) is 0 Å². The van der Waals surface area contributed by atoms with Crippen LogP contribution in [0.25, 0.3) is 11.2 Å². The number of hydrogen-bond acceptors (Lipinski definition) is 14. The molecule has 2 rings (SSSR count). The number of aromatic nitrogens is 4. The monoisotopic (exact) mass is 879 g/mol. The summed E-state index contributed by atoms with van der Waals surface area (Å²) in [6.45, 7) is 2.17. The Morgan fingerprint density at radius 2 is 1.22 bits per heavy atom. The number of carbonyl (C=O) groups is 2. The highest BCUT2D eigenvalue weighted by molar-refractivity contribution is 7.61. The van der Waals surface area contributed by atoms with Crippen LogP contribution >= 0.6 is 15.6 Å². The molecule has 0 aliphatic heterocycles. The number of nitrogens with one attached hydrogen (secondary N) is 1. The van der Waals surface area contributed by atoms with Gasteiger partial charge < -0.3 is 29.7 Å². The van der Waals surface area contributed by atoms with Gasteiger partial charge in [0, 0.05) is 12.8 Å². The Morgan fingerprint density at radius 1 is 0.729 bits per heavy atom. The molecule has 3 atom stereocenters. The Hall–Kier alpha value is -2.69. The van der Waals surface area contributed by atoms with E-state index in [0.717, 1.165) is 44.9 Å². The van der Waals surface area contributed by atoms with Crippen molar-refractivity contribution in [2.45, 2.75) is 181 Å². The molecule has 0 saturated heterocycles. The molecule has 0 aliphatic carbocycles. The first-order valence-electron chi connectivity index (χ1n) is 21.6. The Morgan fingerprint density at radius 3 is 1.76 bits per heavy atom. The fourth-order valence-corrected chi connectivity index (χ4v) is 8.36. The van der Waals surface area contributed by atoms with Crippen molar-refractivity contribution in [1.29, 1.82) is 0 Å². The van der Waals surface area contributed by atoms with Gasteiger partial charge >= 0.3 is 27.6 Å². The van der Waals surface area contributed by atoms with E-state index in [0.29, 0.717) is 12.8 Å². The lowest BCUT2D eigenvalue weighted by Gasteiger charge is -2.20. The first kappa shape index (κ1) is 52.4. The number of anilines is 1. The van der Waals surface area contributed by atoms with Crippen molar-refractivity contribution < 1.29 is 56.1 Å². The molecule has 0 spiro atoms. The third-order valence-corrected chi connectivity index (χ3v) is 12.2. The second-order valence-electron chi connectivity index (χ2n) is 14.9. The fraction of sp³-hybridized carbons (Fsp3) is 0.821. The molecular weight excluding hydrogens is 808 g/mol. The molecule has 0 amide bonds. The normalized spacial score (nSPS) is 14.2. The molecule has 2 heterocycles. The topological polar surface area (TPSA) is 254 Å². The summed E-state index contributed by atoms with van der Waals surface area (Å²) < 4.78 is 56.6. The maximum absolute atomic E-state index is 12.7. The van der Waals surface area contributed by atoms with Crippen molar-refractivity contribution in [1.82, 2.24) is 19.5 Å². The summed E-state index contributed by atoms with van der Waals surface area (Å²) in [5, 5.41) is 0. The lowest BCUT2D eigenvalue weighted by atomic mass is 10.1. The molecule has 0 aromatic carbocycles. The van der Waals surface area contributed by atoms with E-state index < -0.39 is 59.1 Å². The largest absolute Gasteiger partial charge is 0.481 e. The van der Waals surface area contributed by atoms with E-state index >= 15 is 0 Å². The van der Waals surface area contributed by atoms with E-state index in [1.165, 1.54) is 94.4 Å². The van der Waals surface area contributed by atoms with Crippen LogP contribution in [0.3, 0.4) is 0 Å². The number of imidazole rings is 1. The van der Waals surface area contributed by atoms with Crippen molar-refractivity contribution >= 4 is 44.7 Å². The van der Waals surface area contributed by atoms with E-state index in [2.05, 4.69) is 33.1 Å². The summed E-state index contributed by atoms with van der Waals surface area (Å²) in [5.74, 6) is -1.24. The number of unbranched alkanes of at least 4 members (excludes halogenated alkanes) is 20. The molecule has 2 unspecified atom stereocenters. The third kappa shape index (κ3) is 25.6. The molecule has 0 radical (unpaired) electrons. The highest BCUT2D eigenvalue weighted by atomic mass is 31.3. The van der Waals surface area contributed by atoms with E-state index in [1.807, 2.05) is 0 Å². The number of phosphoric acid groups is 2. The second-order valence-corrected chi connectivity index (χ2v) is 17.9. The van der Waals surface area contributed by atoms with Gasteiger partial charge in [0.25, 0.3) is 5.56 Å². The predicted octanol–water partition coefficient (Wildman–Crippen LogP) is 8.78. The number of rotatable bonds is 38. The zero-order chi connectivity index (χ0) is 43.2. The number of H-pyrrole nitrogens is 1. The fourth-order valence-electron chi connectivity index (χ4n) is 6.28. The number of phosphoric ester groups is 2. The molecule has 59 heavy (non-hydrogen) atoms. The average molecular weight is 880 g/mol. The highest BCUT2D eigenvalue weighted by Gasteiger charge is 2.36. The molecule has 20 heteroatoms. The minimum absolute atomic E-state index is 0.0325. The van der Waals surface area contributed by atoms with Crippen molar-refractivity contribution in [3.05, 3.63) is 16.7 Å². The molecule has 18 nitrogen and oxygen atoms in total. The van der Waals surface area contributed by atoms with Crippen LogP contribution in [0.15, 0.2) is 11.1 Å². The lowest BCUT2D eigenvalue weighted by Crippen LogP contribution is -2.29. The maximum atomic E-state index is 12.7. The van der Waals surface area contributed by atoms with Gasteiger partial charge in [-0.25, -0.2) is 14.1 Å². The Balaban J connectivity index is 1.77. The maximum Gasteiger partial charge on any atom is 0.481 e. The first-order valence-corrected chi connectivity index (χ1v) is 24.6. The van der Waals surface area contributed by atoms with Crippen molar-refractivity contribution in [3.63, 3.8) is 0 Å². The van der Waals surface area contributed by atoms with Crippen LogP contribution in [0, 0.1) is 0 Å². The number of nitrogens with zero attached hydrogens (tertiary/aromatic N) is 3. The average Bonchev–Trinajstić information content (AvgIpc) is 3.59. The van der Waals surface area contributed by atoms with Gasteiger partial charge in [0.05, 0.1) is 26.1 Å². The quantitative estimate of drug-likeness (QED) is 0.0279. The van der Waals surface area contributed by atoms with E-state index in [-0.39, 0.29) is 43.3 Å². The smallest absolute Gasteiger partial charge is 0.462 e. The van der Waals surface area contributed by atoms with E-state index in [4.69, 9.17) is 29.0 Å². The molecule has 2 aromatic heterocycles. The number of fused-ring (bicyclic) bond motifs is 1. The highest BCUT2D eigenvalue weighted by Crippen LogP contribution is 2.60. The number of nitrogens with two attached hydrogens (primary N) is 1. The van der Waals surface area contributed by atoms with Gasteiger partial charge in [0.1, 0.15) is 13.3 Å². The summed E-state index contributed by atoms with van der Waals surface area (Å²) in [6.07, 6.45) is 24.9. The number of carbonyl (C=O) groups excluding carboxylic acids is 2. The van der Waals surface area contributed by atoms with Gasteiger partial charge in [0.15, 0.2) is 17.3 Å². The van der Waals surface area contributed by atoms with Crippen molar-refractivity contribution in [2.75, 3.05) is 32.2 Å². The lowest BCUT2D eigenvalue weighted by molar-refractivity contribution is -0.161. The Labute approximate surface area is 349 Å². The van der Waals surface area contributed by atoms with E-state index in [9.17, 15) is 33.3 Å². The summed E-state index contributed by atoms with van der Waals surface area (Å²) >= 11 is 0. The van der Waals surface area contributed by atoms with Crippen LogP contribution in [-0.2, 0) is 53.0 Å². The molecule has 0 bridgehead atoms. The van der Waals surface area contributed by atoms with Crippen molar-refractivity contribution in [2.24, 2.45) is 0 Å². The first-order chi connectivity index (χ1) is 28.4. The van der Waals surface area contributed by atoms with E-state index in [1.54, 1.807) is 0 Å². The van der Waals surface area contributed by atoms with Gasteiger partial charge in [-0.1, -0.05) is 142 Å². The number of ether oxygens (including phenoxy) is 3. The van der Waals surface area contributed by atoms with Crippen LogP contribution in [0.1, 0.15) is 168 Å². The molecule has 340 valence electrons. The SMILES string of the molecule is CCCCCCCCCCCCCC(=O)OC[C@H](COP(=O)(O)OP(=O)(O)OCCOCn1cnc2c(=O)[nH]c(N)nc21)OC(=O)CCCCCCCCCCCCC. The number of hydrogen-bond donors (Lipinski definition) is 4. The van der Waals surface area contributed by atoms with Crippen LogP contribution in [0.5, 0.6) is 0 Å². The summed E-state index contributed by atoms with van der Waals surface area (Å²) in [4.78, 5) is 67.7. The zero-order valence-corrected chi connectivity index (χ0v) is 37.1. The number of aromatic amines is 1. The molecule has 0 aliphatic rings. The molecular formula is C39H71N5O13P2. The standard InChI is InChI=1S/C39H71N5O13P2/c1-3-5-7-9-11-13-15-17-19-21-23-25-34(45)53-29-33(56-35(46)26-24-22-20-18-16-14-12-10-8-6-4-2)30-55-59(50,51)57-58(48,49)54-28-27-52-32-44-31-41-36-37(44)42-39(40)43-38(36)47/h31,33H,3-30,32H2,1-2H3,(H,48,49)(H,50,51)(H3,40,42,43,47)/t33-/m1/s1. The van der Waals surface area contributed by atoms with Gasteiger partial charge in [-0.3, -0.25) is 33.0 Å². The van der Waals surface area contributed by atoms with Gasteiger partial charge in [-0.2, -0.15) is 9.29 Å². The van der Waals surface area contributed by atoms with Gasteiger partial charge in [-0.05, 0) is 12.8 Å². The predicted molar refractivity (Wildman–Crippen MR) is 224 cm³/mol. The Bertz CT molecular complexity index is 1610. The third-order valence-electron chi connectivity index (χ3n) is 9.53. The summed E-state index contributed by atoms with van der Waals surface area (Å²) in [7, 11) is -10.4. The molecule has 0 fully saturated rings. The molecule has 5 N–H and O–H groups in total. The number of nitrogen functional groups attached to an aromatic ring is 1. The van der Waals surface area contributed by atoms with Crippen LogP contribution in [0.2, 0.25) is 0 Å². The minimum atomic E-state index is -5.26. The zero-order valence-electron chi connectivity index (χ0n) is 35.4.